The van der Waals surface area contributed by atoms with E-state index < -0.39 is 10.9 Å². The molecule has 0 unspecified atom stereocenters. The number of nitro benzene ring substituents is 1. The lowest BCUT2D eigenvalue weighted by molar-refractivity contribution is -0.385. The molecule has 0 bridgehead atoms. The van der Waals surface area contributed by atoms with E-state index >= 15 is 0 Å². The van der Waals surface area contributed by atoms with Gasteiger partial charge in [-0.3, -0.25) is 10.1 Å². The molecule has 108 valence electrons. The lowest BCUT2D eigenvalue weighted by atomic mass is 10.1. The maximum absolute atomic E-state index is 11.9. The minimum absolute atomic E-state index is 0.129. The van der Waals surface area contributed by atoms with Gasteiger partial charge in [0, 0.05) is 6.07 Å². The third-order valence-electron chi connectivity index (χ3n) is 2.83. The molecule has 0 radical (unpaired) electrons. The summed E-state index contributed by atoms with van der Waals surface area (Å²) in [6.07, 6.45) is 0. The Kier molecular flexibility index (Phi) is 4.70. The van der Waals surface area contributed by atoms with Crippen LogP contribution in [0.2, 0.25) is 0 Å². The first-order valence-corrected chi connectivity index (χ1v) is 6.93. The van der Waals surface area contributed by atoms with Gasteiger partial charge in [-0.05, 0) is 40.5 Å². The second kappa shape index (κ2) is 6.49. The molecule has 2 aromatic carbocycles. The first kappa shape index (κ1) is 15.2. The Morgan fingerprint density at radius 1 is 1.29 bits per heavy atom. The van der Waals surface area contributed by atoms with Crippen LogP contribution in [0, 0.1) is 17.0 Å². The Hall–Kier alpha value is -2.21. The lowest BCUT2D eigenvalue weighted by Gasteiger charge is -2.06. The average molecular weight is 350 g/mol. The van der Waals surface area contributed by atoms with Crippen LogP contribution in [0.5, 0.6) is 0 Å². The van der Waals surface area contributed by atoms with E-state index in [4.69, 9.17) is 4.74 Å². The fraction of sp³-hybridized carbons (Fsp3) is 0.133. The molecule has 0 saturated carbocycles. The molecule has 0 atom stereocenters. The standard InChI is InChI=1S/C15H12BrNO4/c1-10-3-2-4-11(7-10)9-21-15(18)12-5-6-13(16)14(8-12)17(19)20/h2-8H,9H2,1H3. The van der Waals surface area contributed by atoms with Crippen molar-refractivity contribution in [2.45, 2.75) is 13.5 Å². The summed E-state index contributed by atoms with van der Waals surface area (Å²) in [4.78, 5) is 22.2. The van der Waals surface area contributed by atoms with Crippen LogP contribution in [0.1, 0.15) is 21.5 Å². The highest BCUT2D eigenvalue weighted by Crippen LogP contribution is 2.26. The van der Waals surface area contributed by atoms with Gasteiger partial charge in [0.25, 0.3) is 5.69 Å². The van der Waals surface area contributed by atoms with E-state index in [1.54, 1.807) is 0 Å². The topological polar surface area (TPSA) is 69.4 Å². The van der Waals surface area contributed by atoms with Crippen LogP contribution in [-0.4, -0.2) is 10.9 Å². The summed E-state index contributed by atoms with van der Waals surface area (Å²) < 4.78 is 5.49. The van der Waals surface area contributed by atoms with Gasteiger partial charge in [-0.1, -0.05) is 29.8 Å². The van der Waals surface area contributed by atoms with Crippen molar-refractivity contribution in [3.05, 3.63) is 73.7 Å². The quantitative estimate of drug-likeness (QED) is 0.474. The van der Waals surface area contributed by atoms with Crippen LogP contribution in [0.25, 0.3) is 0 Å². The Bertz CT molecular complexity index is 700. The molecule has 0 fully saturated rings. The number of nitrogens with zero attached hydrogens (tertiary/aromatic N) is 1. The van der Waals surface area contributed by atoms with Gasteiger partial charge in [0.2, 0.25) is 0 Å². The van der Waals surface area contributed by atoms with Crippen LogP contribution in [0.15, 0.2) is 46.9 Å². The minimum atomic E-state index is -0.591. The largest absolute Gasteiger partial charge is 0.457 e. The molecular weight excluding hydrogens is 338 g/mol. The Balaban J connectivity index is 2.10. The number of halogens is 1. The molecule has 21 heavy (non-hydrogen) atoms. The second-order valence-corrected chi connectivity index (χ2v) is 5.34. The normalized spacial score (nSPS) is 10.2. The predicted octanol–water partition coefficient (Wildman–Crippen LogP) is 4.02. The van der Waals surface area contributed by atoms with E-state index in [0.717, 1.165) is 11.1 Å². The lowest BCUT2D eigenvalue weighted by Crippen LogP contribution is -2.06. The van der Waals surface area contributed by atoms with Crippen molar-refractivity contribution in [3.8, 4) is 0 Å². The van der Waals surface area contributed by atoms with Gasteiger partial charge in [0.1, 0.15) is 6.61 Å². The molecule has 0 aliphatic rings. The molecule has 6 heteroatoms. The first-order valence-electron chi connectivity index (χ1n) is 6.14. The summed E-state index contributed by atoms with van der Waals surface area (Å²) in [5.41, 5.74) is 1.93. The first-order chi connectivity index (χ1) is 9.97. The number of rotatable bonds is 4. The molecule has 0 N–H and O–H groups in total. The van der Waals surface area contributed by atoms with Gasteiger partial charge in [-0.25, -0.2) is 4.79 Å². The van der Waals surface area contributed by atoms with Crippen molar-refractivity contribution in [2.24, 2.45) is 0 Å². The van der Waals surface area contributed by atoms with Gasteiger partial charge in [0.05, 0.1) is 15.0 Å². The zero-order chi connectivity index (χ0) is 15.4. The van der Waals surface area contributed by atoms with Gasteiger partial charge in [-0.2, -0.15) is 0 Å². The van der Waals surface area contributed by atoms with E-state index in [1.807, 2.05) is 31.2 Å². The highest BCUT2D eigenvalue weighted by molar-refractivity contribution is 9.10. The van der Waals surface area contributed by atoms with E-state index in [1.165, 1.54) is 18.2 Å². The number of esters is 1. The monoisotopic (exact) mass is 349 g/mol. The zero-order valence-electron chi connectivity index (χ0n) is 11.2. The average Bonchev–Trinajstić information content (AvgIpc) is 2.45. The fourth-order valence-corrected chi connectivity index (χ4v) is 2.21. The zero-order valence-corrected chi connectivity index (χ0v) is 12.8. The summed E-state index contributed by atoms with van der Waals surface area (Å²) >= 11 is 3.07. The number of nitro groups is 1. The number of aryl methyl sites for hydroxylation is 1. The Labute approximate surface area is 129 Å². The van der Waals surface area contributed by atoms with Crippen molar-refractivity contribution < 1.29 is 14.5 Å². The maximum Gasteiger partial charge on any atom is 0.338 e. The third kappa shape index (κ3) is 3.88. The van der Waals surface area contributed by atoms with Crippen LogP contribution < -0.4 is 0 Å². The number of carbonyl (C=O) groups is 1. The van der Waals surface area contributed by atoms with Crippen molar-refractivity contribution in [3.63, 3.8) is 0 Å². The van der Waals surface area contributed by atoms with Crippen molar-refractivity contribution in [1.82, 2.24) is 0 Å². The third-order valence-corrected chi connectivity index (χ3v) is 3.50. The van der Waals surface area contributed by atoms with Crippen molar-refractivity contribution >= 4 is 27.6 Å². The minimum Gasteiger partial charge on any atom is -0.457 e. The van der Waals surface area contributed by atoms with E-state index in [-0.39, 0.29) is 17.9 Å². The van der Waals surface area contributed by atoms with E-state index in [2.05, 4.69) is 15.9 Å². The second-order valence-electron chi connectivity index (χ2n) is 4.49. The SMILES string of the molecule is Cc1cccc(COC(=O)c2ccc(Br)c([N+](=O)[O-])c2)c1. The molecule has 0 spiro atoms. The highest BCUT2D eigenvalue weighted by Gasteiger charge is 2.16. The number of hydrogen-bond acceptors (Lipinski definition) is 4. The molecule has 0 aliphatic carbocycles. The smallest absolute Gasteiger partial charge is 0.338 e. The number of hydrogen-bond donors (Lipinski definition) is 0. The Morgan fingerprint density at radius 2 is 2.05 bits per heavy atom. The molecule has 0 aliphatic heterocycles. The van der Waals surface area contributed by atoms with Crippen LogP contribution in [0.4, 0.5) is 5.69 Å². The van der Waals surface area contributed by atoms with E-state index in [0.29, 0.717) is 4.47 Å². The molecule has 2 aromatic rings. The molecular formula is C15H12BrNO4. The summed E-state index contributed by atoms with van der Waals surface area (Å²) in [5, 5.41) is 10.8. The maximum atomic E-state index is 11.9. The summed E-state index contributed by atoms with van der Waals surface area (Å²) in [5.74, 6) is -0.591. The molecule has 5 nitrogen and oxygen atoms in total. The van der Waals surface area contributed by atoms with Gasteiger partial charge >= 0.3 is 5.97 Å². The van der Waals surface area contributed by atoms with Gasteiger partial charge in [0.15, 0.2) is 0 Å². The predicted molar refractivity (Wildman–Crippen MR) is 81.1 cm³/mol. The van der Waals surface area contributed by atoms with Gasteiger partial charge < -0.3 is 4.74 Å². The molecule has 0 saturated heterocycles. The summed E-state index contributed by atoms with van der Waals surface area (Å²) in [7, 11) is 0. The highest BCUT2D eigenvalue weighted by atomic mass is 79.9. The van der Waals surface area contributed by atoms with Crippen molar-refractivity contribution in [2.75, 3.05) is 0 Å². The van der Waals surface area contributed by atoms with Gasteiger partial charge in [-0.15, -0.1) is 0 Å². The van der Waals surface area contributed by atoms with Crippen LogP contribution >= 0.6 is 15.9 Å². The summed E-state index contributed by atoms with van der Waals surface area (Å²) in [6.45, 7) is 2.08. The van der Waals surface area contributed by atoms with E-state index in [9.17, 15) is 14.9 Å². The number of benzene rings is 2. The molecule has 0 heterocycles. The molecule has 2 rings (SSSR count). The van der Waals surface area contributed by atoms with Crippen LogP contribution in [-0.2, 0) is 11.3 Å². The number of ether oxygens (including phenoxy) is 1. The summed E-state index contributed by atoms with van der Waals surface area (Å²) in [6, 6.07) is 11.7. The molecule has 0 aromatic heterocycles. The fourth-order valence-electron chi connectivity index (χ4n) is 1.81. The van der Waals surface area contributed by atoms with Crippen LogP contribution in [0.3, 0.4) is 0 Å². The number of carbonyl (C=O) groups excluding carboxylic acids is 1. The van der Waals surface area contributed by atoms with Crippen molar-refractivity contribution in [1.29, 1.82) is 0 Å². The molecule has 0 amide bonds. The Morgan fingerprint density at radius 3 is 2.71 bits per heavy atom.